The number of fused-ring (bicyclic) bond motifs is 1. The number of nitrogens with one attached hydrogen (secondary N) is 2. The van der Waals surface area contributed by atoms with Gasteiger partial charge in [0.05, 0.1) is 19.3 Å². The molecule has 3 heterocycles. The summed E-state index contributed by atoms with van der Waals surface area (Å²) in [6, 6.07) is 7.71. The highest BCUT2D eigenvalue weighted by Gasteiger charge is 2.30. The molecular weight excluding hydrogens is 382 g/mol. The number of H-pyrrole nitrogens is 1. The number of allylic oxidation sites excluding steroid dienone is 4. The number of aromatic amines is 1. The molecule has 2 aliphatic rings. The van der Waals surface area contributed by atoms with Crippen LogP contribution in [0.1, 0.15) is 69.7 Å². The maximum absolute atomic E-state index is 8.16. The van der Waals surface area contributed by atoms with Gasteiger partial charge < -0.3 is 15.1 Å². The zero-order valence-corrected chi connectivity index (χ0v) is 19.6. The van der Waals surface area contributed by atoms with Gasteiger partial charge in [0.2, 0.25) is 0 Å². The number of likely N-dealkylation sites (tertiary alicyclic amines) is 1. The molecule has 0 unspecified atom stereocenters. The number of nitrogens with zero attached hydrogens (tertiary/aromatic N) is 1. The molecule has 1 aromatic carbocycles. The van der Waals surface area contributed by atoms with Crippen LogP contribution in [0, 0.1) is 5.41 Å². The lowest BCUT2D eigenvalue weighted by Gasteiger charge is -2.41. The van der Waals surface area contributed by atoms with E-state index in [0.29, 0.717) is 17.7 Å². The topological polar surface area (TPSA) is 52.1 Å². The Labute approximate surface area is 186 Å². The Morgan fingerprint density at radius 1 is 1.23 bits per heavy atom. The average Bonchev–Trinajstić information content (AvgIpc) is 3.13. The van der Waals surface area contributed by atoms with Gasteiger partial charge in [-0.15, -0.1) is 0 Å². The summed E-state index contributed by atoms with van der Waals surface area (Å²) in [5, 5.41) is 9.52. The molecule has 0 radical (unpaired) electrons. The van der Waals surface area contributed by atoms with E-state index in [-0.39, 0.29) is 0 Å². The second-order valence-corrected chi connectivity index (χ2v) is 9.04. The molecular formula is C27H37N3O. The monoisotopic (exact) mass is 419 g/mol. The van der Waals surface area contributed by atoms with Gasteiger partial charge in [-0.05, 0) is 99.0 Å². The van der Waals surface area contributed by atoms with Crippen LogP contribution in [0.2, 0.25) is 0 Å². The molecule has 2 saturated heterocycles. The number of aryl methyl sites for hydroxylation is 1. The summed E-state index contributed by atoms with van der Waals surface area (Å²) in [4.78, 5) is 6.31. The first-order chi connectivity index (χ1) is 15.0. The predicted octanol–water partition coefficient (Wildman–Crippen LogP) is 6.09. The number of hydrogen-bond donors (Lipinski definition) is 2. The Bertz CT molecular complexity index is 1000. The molecule has 0 aliphatic carbocycles. The van der Waals surface area contributed by atoms with E-state index in [1.165, 1.54) is 59.2 Å². The van der Waals surface area contributed by atoms with Crippen molar-refractivity contribution in [2.24, 2.45) is 0 Å². The van der Waals surface area contributed by atoms with E-state index in [4.69, 9.17) is 10.1 Å². The minimum absolute atomic E-state index is 0.651. The Hall–Kier alpha value is -2.17. The molecule has 2 N–H and O–H groups in total. The van der Waals surface area contributed by atoms with Gasteiger partial charge >= 0.3 is 0 Å². The van der Waals surface area contributed by atoms with Crippen molar-refractivity contribution in [3.8, 4) is 0 Å². The fourth-order valence-corrected chi connectivity index (χ4v) is 5.06. The fourth-order valence-electron chi connectivity index (χ4n) is 5.06. The largest absolute Gasteiger partial charge is 0.378 e. The second-order valence-electron chi connectivity index (χ2n) is 9.04. The molecule has 4 rings (SSSR count). The SMILES string of the molecule is C/C=C(\C=C(\C)C(=N)CC)c1[nH]c2ccc(C3CCN(C4COC4)CC3)cc2c1CC. The highest BCUT2D eigenvalue weighted by molar-refractivity contribution is 6.00. The normalized spacial score (nSPS) is 19.7. The van der Waals surface area contributed by atoms with Gasteiger partial charge in [0.25, 0.3) is 0 Å². The lowest BCUT2D eigenvalue weighted by Crippen LogP contribution is -2.51. The van der Waals surface area contributed by atoms with E-state index in [2.05, 4.69) is 54.1 Å². The molecule has 2 fully saturated rings. The summed E-state index contributed by atoms with van der Waals surface area (Å²) in [5.41, 5.74) is 8.23. The number of piperidine rings is 1. The van der Waals surface area contributed by atoms with Crippen molar-refractivity contribution in [1.29, 1.82) is 5.41 Å². The van der Waals surface area contributed by atoms with E-state index in [0.717, 1.165) is 31.6 Å². The van der Waals surface area contributed by atoms with Gasteiger partial charge in [-0.25, -0.2) is 0 Å². The molecule has 0 saturated carbocycles. The molecule has 1 aromatic heterocycles. The molecule has 166 valence electrons. The van der Waals surface area contributed by atoms with E-state index in [1.54, 1.807) is 0 Å². The van der Waals surface area contributed by atoms with Crippen LogP contribution < -0.4 is 0 Å². The summed E-state index contributed by atoms with van der Waals surface area (Å²) >= 11 is 0. The van der Waals surface area contributed by atoms with Crippen molar-refractivity contribution < 1.29 is 4.74 Å². The van der Waals surface area contributed by atoms with E-state index in [1.807, 2.05) is 13.8 Å². The van der Waals surface area contributed by atoms with Crippen LogP contribution in [0.3, 0.4) is 0 Å². The Balaban J connectivity index is 1.61. The van der Waals surface area contributed by atoms with E-state index >= 15 is 0 Å². The summed E-state index contributed by atoms with van der Waals surface area (Å²) < 4.78 is 5.38. The molecule has 4 heteroatoms. The van der Waals surface area contributed by atoms with Gasteiger partial charge in [0, 0.05) is 22.3 Å². The fraction of sp³-hybridized carbons (Fsp3) is 0.519. The Morgan fingerprint density at radius 3 is 2.55 bits per heavy atom. The third-order valence-electron chi connectivity index (χ3n) is 7.22. The van der Waals surface area contributed by atoms with E-state index < -0.39 is 0 Å². The summed E-state index contributed by atoms with van der Waals surface area (Å²) in [7, 11) is 0. The van der Waals surface area contributed by atoms with E-state index in [9.17, 15) is 0 Å². The van der Waals surface area contributed by atoms with Crippen molar-refractivity contribution in [2.45, 2.75) is 65.3 Å². The van der Waals surface area contributed by atoms with Crippen molar-refractivity contribution in [3.05, 3.63) is 52.7 Å². The third-order valence-corrected chi connectivity index (χ3v) is 7.22. The van der Waals surface area contributed by atoms with Crippen molar-refractivity contribution >= 4 is 22.2 Å². The highest BCUT2D eigenvalue weighted by atomic mass is 16.5. The molecule has 31 heavy (non-hydrogen) atoms. The maximum atomic E-state index is 8.16. The maximum Gasteiger partial charge on any atom is 0.0645 e. The quantitative estimate of drug-likeness (QED) is 0.421. The summed E-state index contributed by atoms with van der Waals surface area (Å²) in [5.74, 6) is 0.651. The van der Waals surface area contributed by atoms with Crippen LogP contribution in [0.5, 0.6) is 0 Å². The van der Waals surface area contributed by atoms with Crippen LogP contribution in [0.15, 0.2) is 35.9 Å². The minimum atomic E-state index is 0.651. The van der Waals surface area contributed by atoms with Gasteiger partial charge in [0.1, 0.15) is 0 Å². The summed E-state index contributed by atoms with van der Waals surface area (Å²) in [6.45, 7) is 12.6. The van der Waals surface area contributed by atoms with Gasteiger partial charge in [0.15, 0.2) is 0 Å². The highest BCUT2D eigenvalue weighted by Crippen LogP contribution is 2.35. The first kappa shape index (κ1) is 22.0. The van der Waals surface area contributed by atoms with Gasteiger partial charge in [-0.2, -0.15) is 0 Å². The predicted molar refractivity (Wildman–Crippen MR) is 131 cm³/mol. The molecule has 4 nitrogen and oxygen atoms in total. The second kappa shape index (κ2) is 9.54. The Morgan fingerprint density at radius 2 is 1.97 bits per heavy atom. The number of benzene rings is 1. The van der Waals surface area contributed by atoms with Gasteiger partial charge in [-0.1, -0.05) is 26.0 Å². The molecule has 2 aromatic rings. The van der Waals surface area contributed by atoms with Crippen LogP contribution in [-0.2, 0) is 11.2 Å². The minimum Gasteiger partial charge on any atom is -0.378 e. The third kappa shape index (κ3) is 4.42. The number of hydrogen-bond acceptors (Lipinski definition) is 3. The molecule has 0 amide bonds. The molecule has 2 aliphatic heterocycles. The first-order valence-electron chi connectivity index (χ1n) is 11.9. The molecule has 0 spiro atoms. The zero-order chi connectivity index (χ0) is 22.0. The van der Waals surface area contributed by atoms with Crippen molar-refractivity contribution in [2.75, 3.05) is 26.3 Å². The first-order valence-corrected chi connectivity index (χ1v) is 11.9. The summed E-state index contributed by atoms with van der Waals surface area (Å²) in [6.07, 6.45) is 8.56. The number of rotatable bonds is 7. The average molecular weight is 420 g/mol. The number of ether oxygens (including phenoxy) is 1. The van der Waals surface area contributed by atoms with Crippen LogP contribution in [-0.4, -0.2) is 47.9 Å². The molecule has 0 atom stereocenters. The smallest absolute Gasteiger partial charge is 0.0645 e. The van der Waals surface area contributed by atoms with Crippen LogP contribution >= 0.6 is 0 Å². The van der Waals surface area contributed by atoms with Crippen molar-refractivity contribution in [1.82, 2.24) is 9.88 Å². The lowest BCUT2D eigenvalue weighted by atomic mass is 9.87. The zero-order valence-electron chi connectivity index (χ0n) is 19.6. The standard InChI is InChI=1S/C27H37N3O/c1-5-19(14-18(4)25(28)7-3)27-23(6-2)24-15-21(8-9-26(24)29-27)20-10-12-30(13-11-20)22-16-31-17-22/h5,8-9,14-15,20,22,28-29H,6-7,10-13,16-17H2,1-4H3/b18-14-,19-5+,28-25?. The van der Waals surface area contributed by atoms with Crippen molar-refractivity contribution in [3.63, 3.8) is 0 Å². The van der Waals surface area contributed by atoms with Crippen LogP contribution in [0.25, 0.3) is 16.5 Å². The Kier molecular flexibility index (Phi) is 6.78. The van der Waals surface area contributed by atoms with Crippen LogP contribution in [0.4, 0.5) is 0 Å². The number of aromatic nitrogens is 1. The molecule has 0 bridgehead atoms. The van der Waals surface area contributed by atoms with Gasteiger partial charge in [-0.3, -0.25) is 4.90 Å². The lowest BCUT2D eigenvalue weighted by molar-refractivity contribution is -0.0712.